The Hall–Kier alpha value is -3.79. The molecule has 0 atom stereocenters. The van der Waals surface area contributed by atoms with E-state index in [1.165, 1.54) is 16.7 Å². The lowest BCUT2D eigenvalue weighted by atomic mass is 9.91. The highest BCUT2D eigenvalue weighted by atomic mass is 16.1. The zero-order chi connectivity index (χ0) is 23.2. The predicted octanol–water partition coefficient (Wildman–Crippen LogP) is 5.99. The monoisotopic (exact) mass is 447 g/mol. The van der Waals surface area contributed by atoms with Gasteiger partial charge < -0.3 is 5.32 Å². The van der Waals surface area contributed by atoms with E-state index in [-0.39, 0.29) is 5.91 Å². The van der Waals surface area contributed by atoms with Crippen LogP contribution in [0.25, 0.3) is 11.3 Å². The second-order valence-electron chi connectivity index (χ2n) is 8.84. The Morgan fingerprint density at radius 2 is 1.41 bits per heavy atom. The number of carbonyl (C=O) groups is 1. The Kier molecular flexibility index (Phi) is 6.76. The Bertz CT molecular complexity index is 1270. The van der Waals surface area contributed by atoms with Gasteiger partial charge in [0.2, 0.25) is 5.91 Å². The van der Waals surface area contributed by atoms with Gasteiger partial charge in [-0.3, -0.25) is 4.79 Å². The lowest BCUT2D eigenvalue weighted by Crippen LogP contribution is -2.18. The summed E-state index contributed by atoms with van der Waals surface area (Å²) in [4.78, 5) is 22.8. The molecule has 5 rings (SSSR count). The fourth-order valence-electron chi connectivity index (χ4n) is 4.59. The van der Waals surface area contributed by atoms with Crippen LogP contribution in [0.15, 0.2) is 84.9 Å². The minimum absolute atomic E-state index is 0.00218. The van der Waals surface area contributed by atoms with E-state index in [9.17, 15) is 4.79 Å². The van der Waals surface area contributed by atoms with Crippen molar-refractivity contribution in [3.63, 3.8) is 0 Å². The first-order valence-electron chi connectivity index (χ1n) is 12.1. The molecule has 0 saturated carbocycles. The van der Waals surface area contributed by atoms with Crippen molar-refractivity contribution in [3.8, 4) is 11.3 Å². The van der Waals surface area contributed by atoms with Gasteiger partial charge in [-0.25, -0.2) is 9.97 Å². The molecule has 0 unspecified atom stereocenters. The molecule has 1 N–H and O–H groups in total. The summed E-state index contributed by atoms with van der Waals surface area (Å²) >= 11 is 0. The minimum Gasteiger partial charge on any atom is -0.309 e. The quantitative estimate of drug-likeness (QED) is 0.361. The standard InChI is InChI=1S/C30H29N3O/c34-28(17-9-14-22-10-3-1-4-11-22)33-30-27(20-18-23-12-5-2-6-13-23)31-29-25-16-8-7-15-24(25)19-21-26(29)32-30/h1-8,10-13,15-16H,9,14,17-21H2,(H,32,33,34). The third-order valence-electron chi connectivity index (χ3n) is 6.41. The Morgan fingerprint density at radius 1 is 0.735 bits per heavy atom. The summed E-state index contributed by atoms with van der Waals surface area (Å²) in [5.41, 5.74) is 7.78. The average molecular weight is 448 g/mol. The molecule has 1 amide bonds. The molecule has 0 saturated heterocycles. The van der Waals surface area contributed by atoms with Gasteiger partial charge >= 0.3 is 0 Å². The maximum absolute atomic E-state index is 12.8. The van der Waals surface area contributed by atoms with Gasteiger partial charge in [0.15, 0.2) is 5.82 Å². The molecule has 0 aliphatic heterocycles. The number of fused-ring (bicyclic) bond motifs is 3. The molecule has 0 fully saturated rings. The van der Waals surface area contributed by atoms with Crippen molar-refractivity contribution in [3.05, 3.63) is 113 Å². The van der Waals surface area contributed by atoms with Crippen LogP contribution in [0.2, 0.25) is 0 Å². The highest BCUT2D eigenvalue weighted by Gasteiger charge is 2.22. The molecule has 3 aromatic carbocycles. The molecule has 1 heterocycles. The van der Waals surface area contributed by atoms with Crippen molar-refractivity contribution in [2.45, 2.75) is 44.9 Å². The number of nitrogens with zero attached hydrogens (tertiary/aromatic N) is 2. The van der Waals surface area contributed by atoms with Crippen LogP contribution < -0.4 is 5.32 Å². The van der Waals surface area contributed by atoms with Gasteiger partial charge in [-0.05, 0) is 55.2 Å². The number of rotatable bonds is 8. The average Bonchev–Trinajstić information content (AvgIpc) is 2.88. The highest BCUT2D eigenvalue weighted by Crippen LogP contribution is 2.33. The van der Waals surface area contributed by atoms with Gasteiger partial charge in [0, 0.05) is 12.0 Å². The van der Waals surface area contributed by atoms with Crippen molar-refractivity contribution < 1.29 is 4.79 Å². The largest absolute Gasteiger partial charge is 0.309 e. The van der Waals surface area contributed by atoms with Gasteiger partial charge in [-0.2, -0.15) is 0 Å². The summed E-state index contributed by atoms with van der Waals surface area (Å²) in [6.07, 6.45) is 5.54. The minimum atomic E-state index is 0.00218. The topological polar surface area (TPSA) is 54.9 Å². The van der Waals surface area contributed by atoms with Gasteiger partial charge in [-0.15, -0.1) is 0 Å². The van der Waals surface area contributed by atoms with Crippen molar-refractivity contribution in [1.29, 1.82) is 0 Å². The van der Waals surface area contributed by atoms with Crippen molar-refractivity contribution in [2.24, 2.45) is 0 Å². The van der Waals surface area contributed by atoms with E-state index in [0.717, 1.165) is 61.2 Å². The molecule has 4 nitrogen and oxygen atoms in total. The van der Waals surface area contributed by atoms with Crippen LogP contribution in [0.4, 0.5) is 5.82 Å². The Labute approximate surface area is 201 Å². The van der Waals surface area contributed by atoms with E-state index < -0.39 is 0 Å². The summed E-state index contributed by atoms with van der Waals surface area (Å²) in [5, 5.41) is 3.09. The number of aromatic nitrogens is 2. The number of aryl methyl sites for hydroxylation is 5. The molecule has 0 spiro atoms. The third kappa shape index (κ3) is 5.23. The number of anilines is 1. The van der Waals surface area contributed by atoms with Crippen LogP contribution in [0.1, 0.15) is 40.9 Å². The molecular formula is C30H29N3O. The van der Waals surface area contributed by atoms with Crippen LogP contribution in [0, 0.1) is 0 Å². The zero-order valence-corrected chi connectivity index (χ0v) is 19.3. The molecule has 170 valence electrons. The van der Waals surface area contributed by atoms with Gasteiger partial charge in [0.25, 0.3) is 0 Å². The molecule has 4 heteroatoms. The van der Waals surface area contributed by atoms with Crippen LogP contribution >= 0.6 is 0 Å². The van der Waals surface area contributed by atoms with Crippen molar-refractivity contribution >= 4 is 11.7 Å². The summed E-state index contributed by atoms with van der Waals surface area (Å²) in [5.74, 6) is 0.626. The van der Waals surface area contributed by atoms with Crippen molar-refractivity contribution in [1.82, 2.24) is 9.97 Å². The third-order valence-corrected chi connectivity index (χ3v) is 6.41. The van der Waals surface area contributed by atoms with E-state index in [2.05, 4.69) is 66.0 Å². The van der Waals surface area contributed by atoms with E-state index in [4.69, 9.17) is 9.97 Å². The second-order valence-corrected chi connectivity index (χ2v) is 8.84. The van der Waals surface area contributed by atoms with Crippen LogP contribution in [-0.4, -0.2) is 15.9 Å². The number of nitrogens with one attached hydrogen (secondary N) is 1. The normalized spacial score (nSPS) is 12.0. The molecule has 0 radical (unpaired) electrons. The number of carbonyl (C=O) groups excluding carboxylic acids is 1. The SMILES string of the molecule is O=C(CCCc1ccccc1)Nc1nc2c(nc1CCc1ccccc1)-c1ccccc1CC2. The lowest BCUT2D eigenvalue weighted by Gasteiger charge is -2.21. The van der Waals surface area contributed by atoms with Gasteiger partial charge in [0.1, 0.15) is 0 Å². The van der Waals surface area contributed by atoms with E-state index in [1.54, 1.807) is 0 Å². The summed E-state index contributed by atoms with van der Waals surface area (Å²) in [6.45, 7) is 0. The molecule has 1 aromatic heterocycles. The van der Waals surface area contributed by atoms with Crippen LogP contribution in [0.3, 0.4) is 0 Å². The molecule has 1 aliphatic carbocycles. The molecule has 34 heavy (non-hydrogen) atoms. The molecule has 4 aromatic rings. The van der Waals surface area contributed by atoms with Crippen LogP contribution in [-0.2, 0) is 36.9 Å². The smallest absolute Gasteiger partial charge is 0.225 e. The second kappa shape index (κ2) is 10.4. The number of hydrogen-bond acceptors (Lipinski definition) is 3. The van der Waals surface area contributed by atoms with E-state index >= 15 is 0 Å². The van der Waals surface area contributed by atoms with Gasteiger partial charge in [0.05, 0.1) is 17.1 Å². The number of hydrogen-bond donors (Lipinski definition) is 1. The lowest BCUT2D eigenvalue weighted by molar-refractivity contribution is -0.116. The maximum atomic E-state index is 12.8. The summed E-state index contributed by atoms with van der Waals surface area (Å²) < 4.78 is 0. The Morgan fingerprint density at radius 3 is 2.18 bits per heavy atom. The first kappa shape index (κ1) is 22.0. The summed E-state index contributed by atoms with van der Waals surface area (Å²) in [6, 6.07) is 29.1. The Balaban J connectivity index is 1.36. The predicted molar refractivity (Wildman–Crippen MR) is 137 cm³/mol. The van der Waals surface area contributed by atoms with E-state index in [0.29, 0.717) is 12.2 Å². The van der Waals surface area contributed by atoms with Crippen molar-refractivity contribution in [2.75, 3.05) is 5.32 Å². The zero-order valence-electron chi connectivity index (χ0n) is 19.3. The molecule has 1 aliphatic rings. The molecular weight excluding hydrogens is 418 g/mol. The van der Waals surface area contributed by atoms with Crippen LogP contribution in [0.5, 0.6) is 0 Å². The van der Waals surface area contributed by atoms with Gasteiger partial charge in [-0.1, -0.05) is 84.9 Å². The fourth-order valence-corrected chi connectivity index (χ4v) is 4.59. The first-order valence-corrected chi connectivity index (χ1v) is 12.1. The first-order chi connectivity index (χ1) is 16.8. The number of amides is 1. The van der Waals surface area contributed by atoms with E-state index in [1.807, 2.05) is 24.3 Å². The molecule has 0 bridgehead atoms. The fraction of sp³-hybridized carbons (Fsp3) is 0.233. The highest BCUT2D eigenvalue weighted by molar-refractivity contribution is 5.90. The number of benzene rings is 3. The maximum Gasteiger partial charge on any atom is 0.225 e. The summed E-state index contributed by atoms with van der Waals surface area (Å²) in [7, 11) is 0.